The summed E-state index contributed by atoms with van der Waals surface area (Å²) in [4.78, 5) is 27.7. The van der Waals surface area contributed by atoms with E-state index in [-0.39, 0.29) is 12.5 Å². The molecular weight excluding hydrogens is 478 g/mol. The molecule has 1 N–H and O–H groups in total. The average molecular weight is 510 g/mol. The van der Waals surface area contributed by atoms with E-state index in [1.807, 2.05) is 20.8 Å². The molecule has 0 spiro atoms. The molecule has 0 aliphatic carbocycles. The molecule has 34 heavy (non-hydrogen) atoms. The van der Waals surface area contributed by atoms with Gasteiger partial charge in [0.05, 0.1) is 19.1 Å². The van der Waals surface area contributed by atoms with Gasteiger partial charge in [-0.2, -0.15) is 0 Å². The summed E-state index contributed by atoms with van der Waals surface area (Å²) >= 11 is 5.98. The number of anilines is 1. The van der Waals surface area contributed by atoms with Gasteiger partial charge in [0.1, 0.15) is 18.3 Å². The number of amides is 2. The van der Waals surface area contributed by atoms with Crippen LogP contribution in [0.25, 0.3) is 0 Å². The molecule has 2 aromatic carbocycles. The minimum atomic E-state index is -3.79. The van der Waals surface area contributed by atoms with Gasteiger partial charge in [-0.3, -0.25) is 13.9 Å². The van der Waals surface area contributed by atoms with Gasteiger partial charge in [-0.15, -0.1) is 0 Å². The van der Waals surface area contributed by atoms with Crippen molar-refractivity contribution in [2.75, 3.05) is 24.2 Å². The number of nitrogens with one attached hydrogen (secondary N) is 1. The second kappa shape index (κ2) is 11.1. The number of hydrogen-bond acceptors (Lipinski definition) is 5. The number of hydrogen-bond donors (Lipinski definition) is 1. The predicted molar refractivity (Wildman–Crippen MR) is 135 cm³/mol. The van der Waals surface area contributed by atoms with Crippen molar-refractivity contribution in [2.24, 2.45) is 0 Å². The van der Waals surface area contributed by atoms with E-state index in [0.717, 1.165) is 16.1 Å². The van der Waals surface area contributed by atoms with Gasteiger partial charge in [0, 0.05) is 17.1 Å². The maximum absolute atomic E-state index is 13.5. The van der Waals surface area contributed by atoms with Crippen LogP contribution in [0.3, 0.4) is 0 Å². The Bertz CT molecular complexity index is 1100. The summed E-state index contributed by atoms with van der Waals surface area (Å²) in [7, 11) is -2.29. The zero-order valence-electron chi connectivity index (χ0n) is 20.3. The SMILES string of the molecule is COc1ccc(N(CC(=O)N(Cc2ccc(Cl)cc2)C(C)C(=O)NC(C)(C)C)S(C)(=O)=O)cc1. The molecule has 0 aliphatic heterocycles. The number of nitrogens with zero attached hydrogens (tertiary/aromatic N) is 2. The minimum Gasteiger partial charge on any atom is -0.497 e. The number of methoxy groups -OCH3 is 1. The van der Waals surface area contributed by atoms with Crippen molar-refractivity contribution < 1.29 is 22.7 Å². The van der Waals surface area contributed by atoms with Crippen LogP contribution in [0.2, 0.25) is 5.02 Å². The molecule has 8 nitrogen and oxygen atoms in total. The third-order valence-corrected chi connectivity index (χ3v) is 6.36. The summed E-state index contributed by atoms with van der Waals surface area (Å²) in [5.41, 5.74) is 0.570. The maximum Gasteiger partial charge on any atom is 0.244 e. The van der Waals surface area contributed by atoms with E-state index < -0.39 is 34.1 Å². The summed E-state index contributed by atoms with van der Waals surface area (Å²) in [6.07, 6.45) is 1.03. The molecule has 0 bridgehead atoms. The molecule has 0 aromatic heterocycles. The van der Waals surface area contributed by atoms with Gasteiger partial charge in [0.2, 0.25) is 21.8 Å². The average Bonchev–Trinajstić information content (AvgIpc) is 2.74. The highest BCUT2D eigenvalue weighted by molar-refractivity contribution is 7.92. The van der Waals surface area contributed by atoms with Crippen molar-refractivity contribution >= 4 is 39.1 Å². The van der Waals surface area contributed by atoms with Crippen LogP contribution in [0.1, 0.15) is 33.3 Å². The van der Waals surface area contributed by atoms with Gasteiger partial charge in [0.15, 0.2) is 0 Å². The molecule has 0 fully saturated rings. The fraction of sp³-hybridized carbons (Fsp3) is 0.417. The van der Waals surface area contributed by atoms with Gasteiger partial charge in [-0.05, 0) is 69.7 Å². The molecule has 0 aliphatic rings. The number of carbonyl (C=O) groups excluding carboxylic acids is 2. The lowest BCUT2D eigenvalue weighted by Gasteiger charge is -2.33. The Hall–Kier alpha value is -2.78. The van der Waals surface area contributed by atoms with E-state index in [1.54, 1.807) is 55.5 Å². The lowest BCUT2D eigenvalue weighted by molar-refractivity contribution is -0.140. The molecule has 0 heterocycles. The van der Waals surface area contributed by atoms with Gasteiger partial charge in [-0.25, -0.2) is 8.42 Å². The van der Waals surface area contributed by atoms with E-state index in [0.29, 0.717) is 16.5 Å². The number of ether oxygens (including phenoxy) is 1. The first-order valence-corrected chi connectivity index (χ1v) is 12.9. The molecular formula is C24H32ClN3O5S. The summed E-state index contributed by atoms with van der Waals surface area (Å²) in [6.45, 7) is 6.79. The lowest BCUT2D eigenvalue weighted by Crippen LogP contribution is -2.54. The van der Waals surface area contributed by atoms with Crippen molar-refractivity contribution in [3.05, 3.63) is 59.1 Å². The highest BCUT2D eigenvalue weighted by atomic mass is 35.5. The predicted octanol–water partition coefficient (Wildman–Crippen LogP) is 3.45. The Morgan fingerprint density at radius 1 is 1.06 bits per heavy atom. The number of carbonyl (C=O) groups is 2. The third kappa shape index (κ3) is 7.92. The second-order valence-electron chi connectivity index (χ2n) is 9.03. The van der Waals surface area contributed by atoms with Crippen molar-refractivity contribution in [3.8, 4) is 5.75 Å². The molecule has 0 saturated carbocycles. The molecule has 0 saturated heterocycles. The van der Waals surface area contributed by atoms with E-state index in [2.05, 4.69) is 5.32 Å². The van der Waals surface area contributed by atoms with Crippen molar-refractivity contribution in [3.63, 3.8) is 0 Å². The smallest absolute Gasteiger partial charge is 0.244 e. The maximum atomic E-state index is 13.5. The van der Waals surface area contributed by atoms with Gasteiger partial charge >= 0.3 is 0 Å². The Morgan fingerprint density at radius 2 is 1.62 bits per heavy atom. The van der Waals surface area contributed by atoms with E-state index in [9.17, 15) is 18.0 Å². The number of rotatable bonds is 9. The lowest BCUT2D eigenvalue weighted by atomic mass is 10.1. The molecule has 1 unspecified atom stereocenters. The largest absolute Gasteiger partial charge is 0.497 e. The summed E-state index contributed by atoms with van der Waals surface area (Å²) in [5, 5.41) is 3.42. The van der Waals surface area contributed by atoms with Crippen LogP contribution in [-0.4, -0.2) is 56.6 Å². The van der Waals surface area contributed by atoms with E-state index in [4.69, 9.17) is 16.3 Å². The molecule has 186 valence electrons. The Morgan fingerprint density at radius 3 is 2.09 bits per heavy atom. The quantitative estimate of drug-likeness (QED) is 0.558. The van der Waals surface area contributed by atoms with Crippen LogP contribution in [-0.2, 0) is 26.2 Å². The summed E-state index contributed by atoms with van der Waals surface area (Å²) in [6, 6.07) is 12.4. The van der Waals surface area contributed by atoms with Crippen LogP contribution in [0.15, 0.2) is 48.5 Å². The monoisotopic (exact) mass is 509 g/mol. The first-order valence-electron chi connectivity index (χ1n) is 10.7. The summed E-state index contributed by atoms with van der Waals surface area (Å²) in [5.74, 6) is -0.307. The second-order valence-corrected chi connectivity index (χ2v) is 11.4. The zero-order chi connectivity index (χ0) is 25.7. The molecule has 1 atom stereocenters. The molecule has 2 amide bonds. The Kier molecular flexibility index (Phi) is 8.96. The van der Waals surface area contributed by atoms with E-state index >= 15 is 0 Å². The topological polar surface area (TPSA) is 96.0 Å². The van der Waals surface area contributed by atoms with Gasteiger partial charge in [-0.1, -0.05) is 23.7 Å². The third-order valence-electron chi connectivity index (χ3n) is 4.97. The first kappa shape index (κ1) is 27.5. The minimum absolute atomic E-state index is 0.106. The van der Waals surface area contributed by atoms with Gasteiger partial charge in [0.25, 0.3) is 0 Å². The molecule has 10 heteroatoms. The fourth-order valence-corrected chi connectivity index (χ4v) is 4.18. The van der Waals surface area contributed by atoms with Crippen molar-refractivity contribution in [2.45, 2.75) is 45.8 Å². The first-order chi connectivity index (χ1) is 15.7. The highest BCUT2D eigenvalue weighted by Gasteiger charge is 2.31. The number of sulfonamides is 1. The van der Waals surface area contributed by atoms with Crippen LogP contribution in [0.5, 0.6) is 5.75 Å². The zero-order valence-corrected chi connectivity index (χ0v) is 21.9. The Balaban J connectivity index is 2.38. The molecule has 2 rings (SSSR count). The highest BCUT2D eigenvalue weighted by Crippen LogP contribution is 2.22. The fourth-order valence-electron chi connectivity index (χ4n) is 3.21. The van der Waals surface area contributed by atoms with Crippen LogP contribution in [0, 0.1) is 0 Å². The van der Waals surface area contributed by atoms with Crippen molar-refractivity contribution in [1.82, 2.24) is 10.2 Å². The van der Waals surface area contributed by atoms with Crippen LogP contribution < -0.4 is 14.4 Å². The van der Waals surface area contributed by atoms with Crippen LogP contribution >= 0.6 is 11.6 Å². The Labute approximate surface area is 206 Å². The summed E-state index contributed by atoms with van der Waals surface area (Å²) < 4.78 is 31.3. The number of benzene rings is 2. The van der Waals surface area contributed by atoms with Gasteiger partial charge < -0.3 is 15.0 Å². The standard InChI is InChI=1S/C24H32ClN3O5S/c1-17(23(30)26-24(2,3)4)27(15-18-7-9-19(25)10-8-18)22(29)16-28(34(6,31)32)20-11-13-21(33-5)14-12-20/h7-14,17H,15-16H2,1-6H3,(H,26,30). The normalized spacial score (nSPS) is 12.6. The number of halogens is 1. The molecule has 0 radical (unpaired) electrons. The van der Waals surface area contributed by atoms with Crippen molar-refractivity contribution in [1.29, 1.82) is 0 Å². The van der Waals surface area contributed by atoms with E-state index in [1.165, 1.54) is 12.0 Å². The molecule has 2 aromatic rings. The van der Waals surface area contributed by atoms with Crippen LogP contribution in [0.4, 0.5) is 5.69 Å².